The third-order valence-corrected chi connectivity index (χ3v) is 2.81. The lowest BCUT2D eigenvalue weighted by atomic mass is 9.98. The molecule has 0 saturated heterocycles. The highest BCUT2D eigenvalue weighted by molar-refractivity contribution is 6.32. The Kier molecular flexibility index (Phi) is 4.93. The van der Waals surface area contributed by atoms with Crippen molar-refractivity contribution in [3.8, 4) is 0 Å². The first-order chi connectivity index (χ1) is 7.97. The van der Waals surface area contributed by atoms with E-state index in [1.165, 1.54) is 12.1 Å². The highest BCUT2D eigenvalue weighted by Gasteiger charge is 2.23. The molecule has 0 radical (unpaired) electrons. The Morgan fingerprint density at radius 1 is 1.35 bits per heavy atom. The smallest absolute Gasteiger partial charge is 0.337 e. The van der Waals surface area contributed by atoms with E-state index >= 15 is 0 Å². The van der Waals surface area contributed by atoms with Crippen LogP contribution < -0.4 is 0 Å². The number of carbonyl (C=O) groups is 2. The van der Waals surface area contributed by atoms with E-state index in [9.17, 15) is 14.7 Å². The summed E-state index contributed by atoms with van der Waals surface area (Å²) in [5, 5.41) is 18.4. The zero-order valence-corrected chi connectivity index (χ0v) is 10.2. The number of aliphatic carboxylic acids is 1. The Morgan fingerprint density at radius 2 is 2.00 bits per heavy atom. The average molecular weight is 277 g/mol. The Morgan fingerprint density at radius 3 is 2.53 bits per heavy atom. The molecule has 0 aliphatic carbocycles. The first-order valence-corrected chi connectivity index (χ1v) is 5.64. The number of aliphatic hydroxyl groups excluding tert-OH is 1. The summed E-state index contributed by atoms with van der Waals surface area (Å²) in [4.78, 5) is 22.0. The molecule has 0 spiro atoms. The van der Waals surface area contributed by atoms with Crippen LogP contribution in [0, 0.1) is 0 Å². The summed E-state index contributed by atoms with van der Waals surface area (Å²) in [6.07, 6.45) is -1.80. The molecule has 0 aromatic heterocycles. The highest BCUT2D eigenvalue weighted by Crippen LogP contribution is 2.27. The Balaban J connectivity index is 3.17. The molecule has 0 fully saturated rings. The second-order valence-electron chi connectivity index (χ2n) is 3.40. The van der Waals surface area contributed by atoms with Gasteiger partial charge in [0.05, 0.1) is 5.88 Å². The van der Waals surface area contributed by atoms with Crippen LogP contribution in [-0.2, 0) is 16.0 Å². The van der Waals surface area contributed by atoms with Crippen LogP contribution in [0.1, 0.15) is 17.2 Å². The molecule has 2 N–H and O–H groups in total. The van der Waals surface area contributed by atoms with Gasteiger partial charge in [-0.3, -0.25) is 4.79 Å². The van der Waals surface area contributed by atoms with Crippen molar-refractivity contribution in [3.05, 3.63) is 34.3 Å². The molecule has 0 saturated carbocycles. The molecular weight excluding hydrogens is 267 g/mol. The van der Waals surface area contributed by atoms with Crippen molar-refractivity contribution >= 4 is 35.0 Å². The zero-order valence-electron chi connectivity index (χ0n) is 8.69. The predicted molar refractivity (Wildman–Crippen MR) is 63.5 cm³/mol. The summed E-state index contributed by atoms with van der Waals surface area (Å²) < 4.78 is 0. The highest BCUT2D eigenvalue weighted by atomic mass is 35.5. The number of carboxylic acids is 1. The van der Waals surface area contributed by atoms with Crippen molar-refractivity contribution < 1.29 is 19.8 Å². The molecule has 1 atom stereocenters. The predicted octanol–water partition coefficient (Wildman–Crippen LogP) is 1.81. The maximum atomic E-state index is 11.2. The number of carboxylic acid groups (broad SMARTS) is 1. The molecular formula is C11H10Cl2O4. The molecule has 1 aromatic rings. The van der Waals surface area contributed by atoms with Crippen molar-refractivity contribution in [2.24, 2.45) is 0 Å². The minimum atomic E-state index is -1.75. The van der Waals surface area contributed by atoms with Gasteiger partial charge in [0.15, 0.2) is 11.9 Å². The number of aliphatic hydroxyl groups is 1. The first kappa shape index (κ1) is 14.0. The molecule has 0 aliphatic rings. The normalized spacial score (nSPS) is 12.2. The van der Waals surface area contributed by atoms with E-state index < -0.39 is 12.1 Å². The molecule has 0 bridgehead atoms. The maximum Gasteiger partial charge on any atom is 0.337 e. The maximum absolute atomic E-state index is 11.2. The van der Waals surface area contributed by atoms with Crippen LogP contribution in [0.5, 0.6) is 0 Å². The van der Waals surface area contributed by atoms with E-state index in [0.717, 1.165) is 0 Å². The van der Waals surface area contributed by atoms with Crippen molar-refractivity contribution in [2.45, 2.75) is 12.5 Å². The fourth-order valence-corrected chi connectivity index (χ4v) is 1.82. The summed E-state index contributed by atoms with van der Waals surface area (Å²) in [7, 11) is 0. The van der Waals surface area contributed by atoms with Crippen LogP contribution in [-0.4, -0.2) is 27.8 Å². The van der Waals surface area contributed by atoms with Gasteiger partial charge in [-0.25, -0.2) is 4.79 Å². The second kappa shape index (κ2) is 6.00. The van der Waals surface area contributed by atoms with E-state index in [1.54, 1.807) is 6.07 Å². The molecule has 0 amide bonds. The molecule has 4 nitrogen and oxygen atoms in total. The molecule has 1 unspecified atom stereocenters. The molecule has 1 rings (SSSR count). The molecule has 0 heterocycles. The number of carbonyl (C=O) groups excluding carboxylic acids is 1. The van der Waals surface area contributed by atoms with Crippen molar-refractivity contribution in [1.29, 1.82) is 0 Å². The largest absolute Gasteiger partial charge is 0.479 e. The van der Waals surface area contributed by atoms with Gasteiger partial charge >= 0.3 is 5.97 Å². The number of ketones is 1. The fourth-order valence-electron chi connectivity index (χ4n) is 1.43. The standard InChI is InChI=1S/C11H10Cl2O4/c12-5-7(14)4-6-2-1-3-8(13)9(6)10(15)11(16)17/h1-3,10,15H,4-5H2,(H,16,17). The van der Waals surface area contributed by atoms with Gasteiger partial charge in [-0.1, -0.05) is 23.7 Å². The van der Waals surface area contributed by atoms with Crippen molar-refractivity contribution in [3.63, 3.8) is 0 Å². The lowest BCUT2D eigenvalue weighted by Gasteiger charge is -2.13. The first-order valence-electron chi connectivity index (χ1n) is 4.73. The minimum Gasteiger partial charge on any atom is -0.479 e. The van der Waals surface area contributed by atoms with E-state index in [4.69, 9.17) is 28.3 Å². The van der Waals surface area contributed by atoms with E-state index in [2.05, 4.69) is 0 Å². The minimum absolute atomic E-state index is 0.0418. The van der Waals surface area contributed by atoms with Crippen molar-refractivity contribution in [1.82, 2.24) is 0 Å². The van der Waals surface area contributed by atoms with Crippen LogP contribution in [0.3, 0.4) is 0 Å². The SMILES string of the molecule is O=C(CCl)Cc1cccc(Cl)c1C(O)C(=O)O. The number of hydrogen-bond acceptors (Lipinski definition) is 3. The molecule has 17 heavy (non-hydrogen) atoms. The van der Waals surface area contributed by atoms with Crippen LogP contribution in [0.4, 0.5) is 0 Å². The third-order valence-electron chi connectivity index (χ3n) is 2.19. The summed E-state index contributed by atoms with van der Waals surface area (Å²) in [5.41, 5.74) is 0.415. The Hall–Kier alpha value is -1.10. The average Bonchev–Trinajstić information content (AvgIpc) is 2.28. The van der Waals surface area contributed by atoms with Crippen LogP contribution in [0.2, 0.25) is 5.02 Å². The summed E-state index contributed by atoms with van der Waals surface area (Å²) >= 11 is 11.2. The molecule has 92 valence electrons. The monoisotopic (exact) mass is 276 g/mol. The fraction of sp³-hybridized carbons (Fsp3) is 0.273. The topological polar surface area (TPSA) is 74.6 Å². The number of alkyl halides is 1. The number of Topliss-reactive ketones (excluding diaryl/α,β-unsaturated/α-hetero) is 1. The number of benzene rings is 1. The van der Waals surface area contributed by atoms with E-state index in [1.807, 2.05) is 0 Å². The number of halogens is 2. The third kappa shape index (κ3) is 3.43. The van der Waals surface area contributed by atoms with Gasteiger partial charge in [0, 0.05) is 17.0 Å². The molecule has 1 aromatic carbocycles. The van der Waals surface area contributed by atoms with Crippen molar-refractivity contribution in [2.75, 3.05) is 5.88 Å². The number of rotatable bonds is 5. The van der Waals surface area contributed by atoms with Gasteiger partial charge in [0.2, 0.25) is 0 Å². The summed E-state index contributed by atoms with van der Waals surface area (Å²) in [5.74, 6) is -1.86. The zero-order chi connectivity index (χ0) is 13.0. The summed E-state index contributed by atoms with van der Waals surface area (Å²) in [6, 6.07) is 4.58. The van der Waals surface area contributed by atoms with Gasteiger partial charge < -0.3 is 10.2 Å². The van der Waals surface area contributed by atoms with Crippen LogP contribution in [0.15, 0.2) is 18.2 Å². The molecule has 6 heteroatoms. The Labute approximate surface area is 108 Å². The van der Waals surface area contributed by atoms with Gasteiger partial charge in [0.1, 0.15) is 0 Å². The Bertz CT molecular complexity index is 445. The number of hydrogen-bond donors (Lipinski definition) is 2. The van der Waals surface area contributed by atoms with Gasteiger partial charge in [-0.2, -0.15) is 0 Å². The summed E-state index contributed by atoms with van der Waals surface area (Å²) in [6.45, 7) is 0. The van der Waals surface area contributed by atoms with E-state index in [-0.39, 0.29) is 28.7 Å². The van der Waals surface area contributed by atoms with E-state index in [0.29, 0.717) is 5.56 Å². The van der Waals surface area contributed by atoms with Crippen LogP contribution in [0.25, 0.3) is 0 Å². The van der Waals surface area contributed by atoms with Crippen LogP contribution >= 0.6 is 23.2 Å². The quantitative estimate of drug-likeness (QED) is 0.805. The van der Waals surface area contributed by atoms with Gasteiger partial charge in [-0.05, 0) is 11.6 Å². The van der Waals surface area contributed by atoms with Gasteiger partial charge in [-0.15, -0.1) is 11.6 Å². The second-order valence-corrected chi connectivity index (χ2v) is 4.08. The lowest BCUT2D eigenvalue weighted by molar-refractivity contribution is -0.147. The molecule has 0 aliphatic heterocycles. The van der Waals surface area contributed by atoms with Gasteiger partial charge in [0.25, 0.3) is 0 Å². The lowest BCUT2D eigenvalue weighted by Crippen LogP contribution is -2.15.